The normalized spacial score (nSPS) is 11.1. The van der Waals surface area contributed by atoms with Crippen molar-refractivity contribution in [1.82, 2.24) is 39.3 Å². The minimum atomic E-state index is -0.222. The number of nitrogens with zero attached hydrogens (tertiary/aromatic N) is 8. The second-order valence-corrected chi connectivity index (χ2v) is 7.75. The molecular weight excluding hydrogens is 418 g/mol. The maximum atomic E-state index is 12.3. The molecule has 0 spiro atoms. The third-order valence-corrected chi connectivity index (χ3v) is 5.34. The zero-order valence-corrected chi connectivity index (χ0v) is 18.4. The first-order chi connectivity index (χ1) is 16.0. The Labute approximate surface area is 189 Å². The highest BCUT2D eigenvalue weighted by Gasteiger charge is 2.12. The van der Waals surface area contributed by atoms with E-state index in [2.05, 4.69) is 41.6 Å². The van der Waals surface area contributed by atoms with Crippen molar-refractivity contribution in [3.63, 3.8) is 0 Å². The minimum absolute atomic E-state index is 0.222. The standard InChI is InChI=1S/C23H21N9O/c1-14-8-16(11-25-21(14)17-4-6-24-15(2)9-17)12-26-23-30-29-20-10-19(27-13-32(20)23)18-5-7-28-31(3)22(18)33/h4-11,13H,12H2,1-3H3,(H,26,30). The Morgan fingerprint density at radius 3 is 2.70 bits per heavy atom. The Bertz CT molecular complexity index is 1540. The van der Waals surface area contributed by atoms with Crippen LogP contribution in [0.4, 0.5) is 5.95 Å². The SMILES string of the molecule is Cc1cc(-c2ncc(CNc3nnc4cc(-c5ccnn(C)c5=O)ncn34)cc2C)ccn1. The van der Waals surface area contributed by atoms with E-state index in [-0.39, 0.29) is 5.56 Å². The highest BCUT2D eigenvalue weighted by Crippen LogP contribution is 2.22. The number of aromatic nitrogens is 8. The molecule has 0 bridgehead atoms. The van der Waals surface area contributed by atoms with Crippen LogP contribution in [-0.4, -0.2) is 39.3 Å². The lowest BCUT2D eigenvalue weighted by atomic mass is 10.1. The van der Waals surface area contributed by atoms with Crippen LogP contribution >= 0.6 is 0 Å². The molecule has 0 saturated carbocycles. The van der Waals surface area contributed by atoms with Crippen LogP contribution in [0.1, 0.15) is 16.8 Å². The lowest BCUT2D eigenvalue weighted by Gasteiger charge is -2.09. The second kappa shape index (κ2) is 8.23. The predicted octanol–water partition coefficient (Wildman–Crippen LogP) is 2.57. The number of aryl methyl sites for hydroxylation is 3. The quantitative estimate of drug-likeness (QED) is 0.444. The van der Waals surface area contributed by atoms with Gasteiger partial charge in [-0.3, -0.25) is 19.2 Å². The molecular formula is C23H21N9O. The van der Waals surface area contributed by atoms with Crippen molar-refractivity contribution in [3.05, 3.63) is 82.4 Å². The van der Waals surface area contributed by atoms with Gasteiger partial charge in [0, 0.05) is 49.5 Å². The van der Waals surface area contributed by atoms with E-state index in [1.165, 1.54) is 4.68 Å². The monoisotopic (exact) mass is 439 g/mol. The van der Waals surface area contributed by atoms with E-state index in [9.17, 15) is 4.79 Å². The van der Waals surface area contributed by atoms with Gasteiger partial charge in [0.1, 0.15) is 6.33 Å². The summed E-state index contributed by atoms with van der Waals surface area (Å²) in [5, 5.41) is 15.7. The maximum absolute atomic E-state index is 12.3. The molecule has 1 N–H and O–H groups in total. The summed E-state index contributed by atoms with van der Waals surface area (Å²) >= 11 is 0. The van der Waals surface area contributed by atoms with Crippen LogP contribution in [0, 0.1) is 13.8 Å². The average molecular weight is 439 g/mol. The average Bonchev–Trinajstić information content (AvgIpc) is 3.22. The van der Waals surface area contributed by atoms with Crippen LogP contribution in [-0.2, 0) is 13.6 Å². The summed E-state index contributed by atoms with van der Waals surface area (Å²) in [6.45, 7) is 4.54. The molecule has 0 aliphatic carbocycles. The fourth-order valence-electron chi connectivity index (χ4n) is 3.67. The van der Waals surface area contributed by atoms with E-state index in [1.54, 1.807) is 42.3 Å². The highest BCUT2D eigenvalue weighted by atomic mass is 16.1. The third-order valence-electron chi connectivity index (χ3n) is 5.34. The zero-order chi connectivity index (χ0) is 22.9. The van der Waals surface area contributed by atoms with Gasteiger partial charge in [0.2, 0.25) is 5.95 Å². The van der Waals surface area contributed by atoms with Crippen LogP contribution in [0.5, 0.6) is 0 Å². The summed E-state index contributed by atoms with van der Waals surface area (Å²) in [7, 11) is 1.60. The van der Waals surface area contributed by atoms with Crippen LogP contribution in [0.25, 0.3) is 28.2 Å². The summed E-state index contributed by atoms with van der Waals surface area (Å²) in [6, 6.07) is 9.46. The predicted molar refractivity (Wildman–Crippen MR) is 124 cm³/mol. The molecule has 0 aliphatic rings. The number of fused-ring (bicyclic) bond motifs is 1. The Balaban J connectivity index is 1.36. The van der Waals surface area contributed by atoms with Gasteiger partial charge in [-0.15, -0.1) is 10.2 Å². The summed E-state index contributed by atoms with van der Waals surface area (Å²) in [6.07, 6.45) is 6.81. The number of pyridine rings is 2. The van der Waals surface area contributed by atoms with Crippen LogP contribution in [0.15, 0.2) is 60.0 Å². The van der Waals surface area contributed by atoms with E-state index < -0.39 is 0 Å². The first kappa shape index (κ1) is 20.4. The summed E-state index contributed by atoms with van der Waals surface area (Å²) < 4.78 is 3.01. The van der Waals surface area contributed by atoms with Crippen molar-refractivity contribution < 1.29 is 0 Å². The molecule has 0 unspecified atom stereocenters. The van der Waals surface area contributed by atoms with Crippen molar-refractivity contribution in [2.75, 3.05) is 5.32 Å². The summed E-state index contributed by atoms with van der Waals surface area (Å²) in [4.78, 5) is 25.6. The van der Waals surface area contributed by atoms with E-state index >= 15 is 0 Å². The molecule has 5 aromatic heterocycles. The molecule has 0 radical (unpaired) electrons. The molecule has 33 heavy (non-hydrogen) atoms. The summed E-state index contributed by atoms with van der Waals surface area (Å²) in [5.41, 5.74) is 6.38. The Morgan fingerprint density at radius 1 is 1.00 bits per heavy atom. The van der Waals surface area contributed by atoms with Crippen molar-refractivity contribution >= 4 is 11.6 Å². The Hall–Kier alpha value is -4.47. The van der Waals surface area contributed by atoms with Gasteiger partial charge in [0.15, 0.2) is 5.65 Å². The van der Waals surface area contributed by atoms with E-state index in [4.69, 9.17) is 0 Å². The Kier molecular flexibility index (Phi) is 5.09. The van der Waals surface area contributed by atoms with Gasteiger partial charge in [0.05, 0.1) is 17.0 Å². The van der Waals surface area contributed by atoms with Gasteiger partial charge in [-0.2, -0.15) is 5.10 Å². The third kappa shape index (κ3) is 3.93. The molecule has 164 valence electrons. The van der Waals surface area contributed by atoms with Gasteiger partial charge in [-0.1, -0.05) is 6.07 Å². The topological polar surface area (TPSA) is 116 Å². The number of rotatable bonds is 5. The lowest BCUT2D eigenvalue weighted by molar-refractivity contribution is 0.709. The number of hydrogen-bond donors (Lipinski definition) is 1. The molecule has 10 nitrogen and oxygen atoms in total. The lowest BCUT2D eigenvalue weighted by Crippen LogP contribution is -2.20. The molecule has 0 fully saturated rings. The van der Waals surface area contributed by atoms with Crippen LogP contribution in [0.2, 0.25) is 0 Å². The van der Waals surface area contributed by atoms with Gasteiger partial charge >= 0.3 is 0 Å². The fourth-order valence-corrected chi connectivity index (χ4v) is 3.67. The molecule has 0 saturated heterocycles. The molecule has 0 amide bonds. The summed E-state index contributed by atoms with van der Waals surface area (Å²) in [5.74, 6) is 0.554. The molecule has 0 atom stereocenters. The number of nitrogens with one attached hydrogen (secondary N) is 1. The minimum Gasteiger partial charge on any atom is -0.350 e. The van der Waals surface area contributed by atoms with Gasteiger partial charge < -0.3 is 5.32 Å². The number of hydrogen-bond acceptors (Lipinski definition) is 8. The zero-order valence-electron chi connectivity index (χ0n) is 18.4. The van der Waals surface area contributed by atoms with Crippen molar-refractivity contribution in [2.24, 2.45) is 7.05 Å². The van der Waals surface area contributed by atoms with E-state index in [0.717, 1.165) is 28.1 Å². The van der Waals surface area contributed by atoms with Crippen molar-refractivity contribution in [1.29, 1.82) is 0 Å². The van der Waals surface area contributed by atoms with Gasteiger partial charge in [-0.05, 0) is 43.2 Å². The van der Waals surface area contributed by atoms with Crippen LogP contribution in [0.3, 0.4) is 0 Å². The van der Waals surface area contributed by atoms with Gasteiger partial charge in [-0.25, -0.2) is 9.67 Å². The largest absolute Gasteiger partial charge is 0.350 e. The van der Waals surface area contributed by atoms with Crippen molar-refractivity contribution in [2.45, 2.75) is 20.4 Å². The Morgan fingerprint density at radius 2 is 1.88 bits per heavy atom. The smallest absolute Gasteiger partial charge is 0.275 e. The highest BCUT2D eigenvalue weighted by molar-refractivity contribution is 5.64. The maximum Gasteiger partial charge on any atom is 0.275 e. The van der Waals surface area contributed by atoms with Gasteiger partial charge in [0.25, 0.3) is 5.56 Å². The fraction of sp³-hybridized carbons (Fsp3) is 0.174. The molecule has 5 aromatic rings. The molecule has 10 heteroatoms. The molecule has 5 heterocycles. The van der Waals surface area contributed by atoms with E-state index in [1.807, 2.05) is 32.2 Å². The first-order valence-corrected chi connectivity index (χ1v) is 10.4. The van der Waals surface area contributed by atoms with Crippen molar-refractivity contribution in [3.8, 4) is 22.5 Å². The molecule has 0 aliphatic heterocycles. The molecule has 0 aromatic carbocycles. The first-order valence-electron chi connectivity index (χ1n) is 10.4. The molecule has 5 rings (SSSR count). The van der Waals surface area contributed by atoms with Crippen LogP contribution < -0.4 is 10.9 Å². The van der Waals surface area contributed by atoms with E-state index in [0.29, 0.717) is 29.4 Å². The number of anilines is 1. The second-order valence-electron chi connectivity index (χ2n) is 7.75.